The van der Waals surface area contributed by atoms with E-state index in [-0.39, 0.29) is 17.6 Å². The third kappa shape index (κ3) is 5.05. The summed E-state index contributed by atoms with van der Waals surface area (Å²) in [4.78, 5) is 16.2. The number of nitrogens with one attached hydrogen (secondary N) is 2. The number of hydrogen-bond donors (Lipinski definition) is 2. The Balaban J connectivity index is 1.88. The first-order valence-electron chi connectivity index (χ1n) is 8.69. The molecule has 0 aromatic carbocycles. The van der Waals surface area contributed by atoms with Gasteiger partial charge in [-0.3, -0.25) is 9.67 Å². The van der Waals surface area contributed by atoms with E-state index >= 15 is 0 Å². The highest BCUT2D eigenvalue weighted by Crippen LogP contribution is 2.21. The lowest BCUT2D eigenvalue weighted by molar-refractivity contribution is 0.238. The molecule has 2 rings (SSSR count). The van der Waals surface area contributed by atoms with Crippen LogP contribution in [0, 0.1) is 13.8 Å². The van der Waals surface area contributed by atoms with Crippen LogP contribution in [0.3, 0.4) is 0 Å². The van der Waals surface area contributed by atoms with Gasteiger partial charge in [-0.1, -0.05) is 0 Å². The highest BCUT2D eigenvalue weighted by molar-refractivity contribution is 5.74. The summed E-state index contributed by atoms with van der Waals surface area (Å²) < 4.78 is 1.94. The normalized spacial score (nSPS) is 12.7. The number of amides is 2. The summed E-state index contributed by atoms with van der Waals surface area (Å²) in [6, 6.07) is 1.72. The number of carbonyl (C=O) groups excluding carboxylic acids is 1. The van der Waals surface area contributed by atoms with Gasteiger partial charge in [-0.25, -0.2) is 4.79 Å². The summed E-state index contributed by atoms with van der Waals surface area (Å²) >= 11 is 0. The summed E-state index contributed by atoms with van der Waals surface area (Å²) in [5.74, 6) is 0. The Morgan fingerprint density at radius 3 is 2.64 bits per heavy atom. The van der Waals surface area contributed by atoms with Gasteiger partial charge in [-0.2, -0.15) is 5.10 Å². The molecule has 0 bridgehead atoms. The van der Waals surface area contributed by atoms with E-state index in [9.17, 15) is 4.79 Å². The number of aromatic nitrogens is 3. The maximum Gasteiger partial charge on any atom is 0.315 e. The Morgan fingerprint density at radius 2 is 2.04 bits per heavy atom. The van der Waals surface area contributed by atoms with Gasteiger partial charge in [0.2, 0.25) is 0 Å². The molecule has 6 heteroatoms. The van der Waals surface area contributed by atoms with Crippen LogP contribution in [0.4, 0.5) is 4.79 Å². The molecule has 0 aliphatic carbocycles. The molecule has 1 atom stereocenters. The lowest BCUT2D eigenvalue weighted by Gasteiger charge is -2.19. The number of aryl methyl sites for hydroxylation is 2. The van der Waals surface area contributed by atoms with Gasteiger partial charge in [0.25, 0.3) is 0 Å². The fraction of sp³-hybridized carbons (Fsp3) is 0.526. The van der Waals surface area contributed by atoms with E-state index < -0.39 is 0 Å². The van der Waals surface area contributed by atoms with Crippen molar-refractivity contribution in [3.8, 4) is 0 Å². The molecule has 2 N–H and O–H groups in total. The molecule has 0 fully saturated rings. The molecule has 136 valence electrons. The second-order valence-electron chi connectivity index (χ2n) is 7.46. The van der Waals surface area contributed by atoms with Gasteiger partial charge in [0.15, 0.2) is 0 Å². The largest absolute Gasteiger partial charge is 0.338 e. The van der Waals surface area contributed by atoms with Gasteiger partial charge in [0.1, 0.15) is 0 Å². The maximum absolute atomic E-state index is 12.2. The van der Waals surface area contributed by atoms with Gasteiger partial charge in [-0.15, -0.1) is 0 Å². The van der Waals surface area contributed by atoms with E-state index in [1.807, 2.05) is 43.9 Å². The smallest absolute Gasteiger partial charge is 0.315 e. The summed E-state index contributed by atoms with van der Waals surface area (Å²) in [5.41, 5.74) is 4.24. The van der Waals surface area contributed by atoms with Gasteiger partial charge < -0.3 is 10.6 Å². The van der Waals surface area contributed by atoms with Gasteiger partial charge >= 0.3 is 6.03 Å². The standard InChI is InChI=1S/C19H29N5O/c1-13-11-20-9-7-16(13)8-10-21-18(25)22-14(2)17-12-24(19(4,5)6)23-15(17)3/h7,9,11-12,14H,8,10H2,1-6H3,(H2,21,22,25)/t14-/m0/s1. The van der Waals surface area contributed by atoms with Crippen molar-refractivity contribution >= 4 is 6.03 Å². The Hall–Kier alpha value is -2.37. The number of nitrogens with zero attached hydrogens (tertiary/aromatic N) is 3. The van der Waals surface area contributed by atoms with Crippen LogP contribution in [0.1, 0.15) is 56.1 Å². The van der Waals surface area contributed by atoms with Crippen molar-refractivity contribution in [3.63, 3.8) is 0 Å². The zero-order valence-corrected chi connectivity index (χ0v) is 16.1. The summed E-state index contributed by atoms with van der Waals surface area (Å²) in [6.45, 7) is 12.9. The molecule has 0 spiro atoms. The van der Waals surface area contributed by atoms with Crippen molar-refractivity contribution < 1.29 is 4.79 Å². The van der Waals surface area contributed by atoms with Crippen molar-refractivity contribution in [1.82, 2.24) is 25.4 Å². The van der Waals surface area contributed by atoms with Crippen LogP contribution in [-0.2, 0) is 12.0 Å². The van der Waals surface area contributed by atoms with E-state index in [4.69, 9.17) is 0 Å². The van der Waals surface area contributed by atoms with E-state index in [2.05, 4.69) is 41.5 Å². The fourth-order valence-corrected chi connectivity index (χ4v) is 2.66. The monoisotopic (exact) mass is 343 g/mol. The molecule has 2 aromatic heterocycles. The Labute approximate surface area is 150 Å². The van der Waals surface area contributed by atoms with Crippen LogP contribution in [0.25, 0.3) is 0 Å². The summed E-state index contributed by atoms with van der Waals surface area (Å²) in [7, 11) is 0. The highest BCUT2D eigenvalue weighted by Gasteiger charge is 2.20. The zero-order chi connectivity index (χ0) is 18.6. The van der Waals surface area contributed by atoms with Gasteiger partial charge in [0, 0.05) is 30.7 Å². The first-order valence-corrected chi connectivity index (χ1v) is 8.69. The quantitative estimate of drug-likeness (QED) is 0.875. The van der Waals surface area contributed by atoms with Crippen LogP contribution < -0.4 is 10.6 Å². The van der Waals surface area contributed by atoms with Crippen molar-refractivity contribution in [1.29, 1.82) is 0 Å². The molecule has 2 amide bonds. The highest BCUT2D eigenvalue weighted by atomic mass is 16.2. The van der Waals surface area contributed by atoms with E-state index in [1.54, 1.807) is 6.20 Å². The topological polar surface area (TPSA) is 71.8 Å². The van der Waals surface area contributed by atoms with E-state index in [1.165, 1.54) is 5.56 Å². The lowest BCUT2D eigenvalue weighted by Crippen LogP contribution is -2.38. The maximum atomic E-state index is 12.2. The molecule has 0 aliphatic rings. The van der Waals surface area contributed by atoms with Gasteiger partial charge in [-0.05, 0) is 65.2 Å². The zero-order valence-electron chi connectivity index (χ0n) is 16.1. The van der Waals surface area contributed by atoms with Crippen LogP contribution in [0.2, 0.25) is 0 Å². The molecule has 0 saturated carbocycles. The van der Waals surface area contributed by atoms with E-state index in [0.29, 0.717) is 6.54 Å². The first kappa shape index (κ1) is 19.0. The van der Waals surface area contributed by atoms with Crippen molar-refractivity contribution in [2.24, 2.45) is 0 Å². The van der Waals surface area contributed by atoms with E-state index in [0.717, 1.165) is 23.2 Å². The second-order valence-corrected chi connectivity index (χ2v) is 7.46. The number of rotatable bonds is 5. The van der Waals surface area contributed by atoms with Gasteiger partial charge in [0.05, 0.1) is 17.3 Å². The van der Waals surface area contributed by atoms with Crippen molar-refractivity contribution in [3.05, 3.63) is 47.0 Å². The number of carbonyl (C=O) groups is 1. The van der Waals surface area contributed by atoms with Crippen LogP contribution >= 0.6 is 0 Å². The molecule has 2 aromatic rings. The number of hydrogen-bond acceptors (Lipinski definition) is 3. The van der Waals surface area contributed by atoms with Crippen LogP contribution in [0.5, 0.6) is 0 Å². The number of pyridine rings is 1. The molecule has 0 aliphatic heterocycles. The average Bonchev–Trinajstić information content (AvgIpc) is 2.91. The van der Waals surface area contributed by atoms with Crippen molar-refractivity contribution in [2.75, 3.05) is 6.54 Å². The molecular formula is C19H29N5O. The molecule has 0 saturated heterocycles. The van der Waals surface area contributed by atoms with Crippen LogP contribution in [-0.4, -0.2) is 27.3 Å². The SMILES string of the molecule is Cc1cnccc1CCNC(=O)N[C@@H](C)c1cn(C(C)(C)C)nc1C. The Bertz CT molecular complexity index is 730. The predicted molar refractivity (Wildman–Crippen MR) is 99.6 cm³/mol. The molecule has 25 heavy (non-hydrogen) atoms. The Morgan fingerprint density at radius 1 is 1.32 bits per heavy atom. The molecule has 6 nitrogen and oxygen atoms in total. The van der Waals surface area contributed by atoms with Crippen molar-refractivity contribution in [2.45, 2.75) is 59.5 Å². The predicted octanol–water partition coefficient (Wildman–Crippen LogP) is 3.25. The number of urea groups is 1. The molecule has 0 unspecified atom stereocenters. The molecule has 0 radical (unpaired) electrons. The third-order valence-electron chi connectivity index (χ3n) is 4.25. The summed E-state index contributed by atoms with van der Waals surface area (Å²) in [5, 5.41) is 10.5. The fourth-order valence-electron chi connectivity index (χ4n) is 2.66. The average molecular weight is 343 g/mol. The minimum atomic E-state index is -0.165. The summed E-state index contributed by atoms with van der Waals surface area (Å²) in [6.07, 6.45) is 6.42. The molecular weight excluding hydrogens is 314 g/mol. The third-order valence-corrected chi connectivity index (χ3v) is 4.25. The first-order chi connectivity index (χ1) is 11.7. The Kier molecular flexibility index (Phi) is 5.82. The molecule has 2 heterocycles. The minimum absolute atomic E-state index is 0.0760. The lowest BCUT2D eigenvalue weighted by atomic mass is 10.1. The minimum Gasteiger partial charge on any atom is -0.338 e. The van der Waals surface area contributed by atoms with Crippen LogP contribution in [0.15, 0.2) is 24.7 Å². The second kappa shape index (κ2) is 7.68.